The van der Waals surface area contributed by atoms with E-state index in [1.165, 1.54) is 11.1 Å². The summed E-state index contributed by atoms with van der Waals surface area (Å²) >= 11 is 0. The van der Waals surface area contributed by atoms with E-state index >= 15 is 0 Å². The number of guanidine groups is 1. The van der Waals surface area contributed by atoms with Gasteiger partial charge in [-0.3, -0.25) is 4.99 Å². The van der Waals surface area contributed by atoms with Gasteiger partial charge in [0.05, 0.1) is 12.6 Å². The summed E-state index contributed by atoms with van der Waals surface area (Å²) in [5.41, 5.74) is 1.87. The number of nitrogens with zero attached hydrogens (tertiary/aromatic N) is 2. The van der Waals surface area contributed by atoms with Gasteiger partial charge >= 0.3 is 6.09 Å². The molecule has 1 amide bonds. The highest BCUT2D eigenvalue weighted by Crippen LogP contribution is 2.15. The Morgan fingerprint density at radius 1 is 1.22 bits per heavy atom. The quantitative estimate of drug-likeness (QED) is 0.589. The lowest BCUT2D eigenvalue weighted by Crippen LogP contribution is -2.63. The van der Waals surface area contributed by atoms with Crippen molar-refractivity contribution in [2.45, 2.75) is 52.5 Å². The van der Waals surface area contributed by atoms with Crippen LogP contribution in [0, 0.1) is 0 Å². The number of rotatable bonds is 6. The SMILES string of the molecule is CCOCc1ccc(CNC(=NC)NC2CN(C(=O)OC(C)(C)C)C2)cc1. The molecule has 0 bridgehead atoms. The van der Waals surface area contributed by atoms with Crippen LogP contribution in [0.1, 0.15) is 38.8 Å². The van der Waals surface area contributed by atoms with Crippen molar-refractivity contribution in [3.63, 3.8) is 0 Å². The number of aliphatic imine (C=N–C) groups is 1. The second kappa shape index (κ2) is 9.60. The number of ether oxygens (including phenoxy) is 2. The van der Waals surface area contributed by atoms with Crippen molar-refractivity contribution in [2.75, 3.05) is 26.7 Å². The fourth-order valence-corrected chi connectivity index (χ4v) is 2.59. The first-order chi connectivity index (χ1) is 12.8. The molecule has 0 spiro atoms. The zero-order valence-electron chi connectivity index (χ0n) is 17.0. The normalized spacial score (nSPS) is 15.3. The van der Waals surface area contributed by atoms with Crippen LogP contribution in [0.25, 0.3) is 0 Å². The van der Waals surface area contributed by atoms with Crippen LogP contribution < -0.4 is 10.6 Å². The van der Waals surface area contributed by atoms with E-state index in [9.17, 15) is 4.79 Å². The fourth-order valence-electron chi connectivity index (χ4n) is 2.59. The predicted molar refractivity (Wildman–Crippen MR) is 107 cm³/mol. The molecule has 1 heterocycles. The Morgan fingerprint density at radius 3 is 2.41 bits per heavy atom. The number of hydrogen-bond donors (Lipinski definition) is 2. The van der Waals surface area contributed by atoms with Gasteiger partial charge < -0.3 is 25.0 Å². The van der Waals surface area contributed by atoms with Gasteiger partial charge in [-0.1, -0.05) is 24.3 Å². The van der Waals surface area contributed by atoms with Crippen molar-refractivity contribution >= 4 is 12.1 Å². The van der Waals surface area contributed by atoms with Crippen molar-refractivity contribution < 1.29 is 14.3 Å². The molecule has 7 nitrogen and oxygen atoms in total. The number of carbonyl (C=O) groups excluding carboxylic acids is 1. The van der Waals surface area contributed by atoms with Gasteiger partial charge in [0.1, 0.15) is 5.60 Å². The van der Waals surface area contributed by atoms with Gasteiger partial charge in [-0.25, -0.2) is 4.79 Å². The maximum Gasteiger partial charge on any atom is 0.410 e. The average Bonchev–Trinajstić information content (AvgIpc) is 2.57. The van der Waals surface area contributed by atoms with Crippen LogP contribution in [0.15, 0.2) is 29.3 Å². The number of benzene rings is 1. The van der Waals surface area contributed by atoms with E-state index in [1.54, 1.807) is 11.9 Å². The van der Waals surface area contributed by atoms with Gasteiger partial charge in [-0.2, -0.15) is 0 Å². The van der Waals surface area contributed by atoms with Crippen LogP contribution >= 0.6 is 0 Å². The standard InChI is InChI=1S/C20H32N4O3/c1-6-26-14-16-9-7-15(8-10-16)11-22-18(21-5)23-17-12-24(13-17)19(25)27-20(2,3)4/h7-10,17H,6,11-14H2,1-5H3,(H2,21,22,23). The molecule has 1 saturated heterocycles. The zero-order valence-corrected chi connectivity index (χ0v) is 17.0. The number of hydrogen-bond acceptors (Lipinski definition) is 4. The van der Waals surface area contributed by atoms with Gasteiger partial charge in [-0.15, -0.1) is 0 Å². The minimum absolute atomic E-state index is 0.178. The highest BCUT2D eigenvalue weighted by Gasteiger charge is 2.34. The minimum Gasteiger partial charge on any atom is -0.444 e. The summed E-state index contributed by atoms with van der Waals surface area (Å²) in [6, 6.07) is 8.50. The highest BCUT2D eigenvalue weighted by molar-refractivity contribution is 5.80. The van der Waals surface area contributed by atoms with Crippen molar-refractivity contribution in [2.24, 2.45) is 4.99 Å². The maximum absolute atomic E-state index is 12.0. The highest BCUT2D eigenvalue weighted by atomic mass is 16.6. The Kier molecular flexibility index (Phi) is 7.47. The van der Waals surface area contributed by atoms with Crippen LogP contribution in [0.4, 0.5) is 4.79 Å². The Morgan fingerprint density at radius 2 is 1.85 bits per heavy atom. The topological polar surface area (TPSA) is 75.2 Å². The van der Waals surface area contributed by atoms with Crippen LogP contribution in [-0.2, 0) is 22.6 Å². The van der Waals surface area contributed by atoms with Crippen molar-refractivity contribution in [3.8, 4) is 0 Å². The summed E-state index contributed by atoms with van der Waals surface area (Å²) < 4.78 is 10.8. The third-order valence-electron chi connectivity index (χ3n) is 4.05. The third kappa shape index (κ3) is 7.09. The molecular formula is C20H32N4O3. The van der Waals surface area contributed by atoms with E-state index < -0.39 is 5.60 Å². The molecule has 0 unspecified atom stereocenters. The maximum atomic E-state index is 12.0. The second-order valence-corrected chi connectivity index (χ2v) is 7.61. The smallest absolute Gasteiger partial charge is 0.410 e. The first-order valence-electron chi connectivity index (χ1n) is 9.41. The molecule has 0 atom stereocenters. The van der Waals surface area contributed by atoms with Crippen LogP contribution in [0.5, 0.6) is 0 Å². The molecule has 0 saturated carbocycles. The Bertz CT molecular complexity index is 632. The molecule has 0 aliphatic carbocycles. The van der Waals surface area contributed by atoms with Crippen molar-refractivity contribution in [1.29, 1.82) is 0 Å². The van der Waals surface area contributed by atoms with E-state index in [0.29, 0.717) is 26.2 Å². The van der Waals surface area contributed by atoms with Gasteiger partial charge in [0.2, 0.25) is 0 Å². The van der Waals surface area contributed by atoms with Crippen LogP contribution in [0.2, 0.25) is 0 Å². The molecule has 150 valence electrons. The summed E-state index contributed by atoms with van der Waals surface area (Å²) in [4.78, 5) is 17.9. The van der Waals surface area contributed by atoms with Crippen LogP contribution in [-0.4, -0.2) is 55.3 Å². The lowest BCUT2D eigenvalue weighted by Gasteiger charge is -2.40. The van der Waals surface area contributed by atoms with Gasteiger partial charge in [0.25, 0.3) is 0 Å². The average molecular weight is 377 g/mol. The first kappa shape index (κ1) is 21.0. The van der Waals surface area contributed by atoms with Gasteiger partial charge in [0.15, 0.2) is 5.96 Å². The number of amides is 1. The van der Waals surface area contributed by atoms with Gasteiger partial charge in [0, 0.05) is 33.3 Å². The second-order valence-electron chi connectivity index (χ2n) is 7.61. The lowest BCUT2D eigenvalue weighted by molar-refractivity contribution is 0.00701. The fraction of sp³-hybridized carbons (Fsp3) is 0.600. The molecule has 0 radical (unpaired) electrons. The molecule has 1 aromatic rings. The van der Waals surface area contributed by atoms with E-state index in [1.807, 2.05) is 27.7 Å². The number of likely N-dealkylation sites (tertiary alicyclic amines) is 1. The molecule has 0 aromatic heterocycles. The monoisotopic (exact) mass is 376 g/mol. The van der Waals surface area contributed by atoms with Crippen molar-refractivity contribution in [1.82, 2.24) is 15.5 Å². The Balaban J connectivity index is 1.72. The van der Waals surface area contributed by atoms with Crippen molar-refractivity contribution in [3.05, 3.63) is 35.4 Å². The Labute approximate surface area is 162 Å². The summed E-state index contributed by atoms with van der Waals surface area (Å²) in [6.07, 6.45) is -0.268. The summed E-state index contributed by atoms with van der Waals surface area (Å²) in [6.45, 7) is 10.9. The molecule has 1 aliphatic rings. The summed E-state index contributed by atoms with van der Waals surface area (Å²) in [7, 11) is 1.74. The third-order valence-corrected chi connectivity index (χ3v) is 4.05. The number of nitrogens with one attached hydrogen (secondary N) is 2. The lowest BCUT2D eigenvalue weighted by atomic mass is 10.1. The summed E-state index contributed by atoms with van der Waals surface area (Å²) in [5, 5.41) is 6.63. The molecule has 1 fully saturated rings. The minimum atomic E-state index is -0.467. The van der Waals surface area contributed by atoms with E-state index in [2.05, 4.69) is 39.9 Å². The molecule has 7 heteroatoms. The Hall–Kier alpha value is -2.28. The van der Waals surface area contributed by atoms with Crippen LogP contribution in [0.3, 0.4) is 0 Å². The zero-order chi connectivity index (χ0) is 19.9. The number of carbonyl (C=O) groups is 1. The van der Waals surface area contributed by atoms with Gasteiger partial charge in [-0.05, 0) is 38.8 Å². The predicted octanol–water partition coefficient (Wildman–Crippen LogP) is 2.51. The summed E-state index contributed by atoms with van der Waals surface area (Å²) in [5.74, 6) is 0.724. The van der Waals surface area contributed by atoms with E-state index in [4.69, 9.17) is 9.47 Å². The molecule has 2 rings (SSSR count). The first-order valence-corrected chi connectivity index (χ1v) is 9.41. The molecular weight excluding hydrogens is 344 g/mol. The molecule has 1 aromatic carbocycles. The van der Waals surface area contributed by atoms with E-state index in [0.717, 1.165) is 12.6 Å². The van der Waals surface area contributed by atoms with E-state index in [-0.39, 0.29) is 12.1 Å². The molecule has 1 aliphatic heterocycles. The molecule has 2 N–H and O–H groups in total. The molecule has 27 heavy (non-hydrogen) atoms. The largest absolute Gasteiger partial charge is 0.444 e.